The second-order valence-corrected chi connectivity index (χ2v) is 6.87. The van der Waals surface area contributed by atoms with E-state index in [4.69, 9.17) is 0 Å². The second kappa shape index (κ2) is 11.7. The van der Waals surface area contributed by atoms with Crippen molar-refractivity contribution in [1.29, 1.82) is 0 Å². The van der Waals surface area contributed by atoms with Crippen LogP contribution >= 0.6 is 0 Å². The summed E-state index contributed by atoms with van der Waals surface area (Å²) in [6.07, 6.45) is 9.54. The number of aliphatic carboxylic acids is 3. The third-order valence-electron chi connectivity index (χ3n) is 5.37. The quantitative estimate of drug-likeness (QED) is 0.273. The van der Waals surface area contributed by atoms with Crippen molar-refractivity contribution in [3.05, 3.63) is 12.2 Å². The van der Waals surface area contributed by atoms with Crippen molar-refractivity contribution < 1.29 is 34.2 Å². The Hall–Kier alpha value is -1.89. The number of carbonyl (C=O) groups is 3. The summed E-state index contributed by atoms with van der Waals surface area (Å²) in [4.78, 5) is 34.7. The number of unbranched alkanes of at least 4 members (excludes halogenated alkanes) is 5. The molecule has 0 fully saturated rings. The Balaban J connectivity index is 5.21. The highest BCUT2D eigenvalue weighted by Crippen LogP contribution is 2.27. The molecule has 150 valence electrons. The molecule has 3 atom stereocenters. The lowest BCUT2D eigenvalue weighted by Gasteiger charge is -2.49. The average Bonchev–Trinajstić information content (AvgIpc) is 2.58. The summed E-state index contributed by atoms with van der Waals surface area (Å²) in [6, 6.07) is -3.56. The predicted molar refractivity (Wildman–Crippen MR) is 96.3 cm³/mol. The molecule has 7 heteroatoms. The first-order chi connectivity index (χ1) is 12.1. The molecular weight excluding hydrogens is 338 g/mol. The Morgan fingerprint density at radius 1 is 0.885 bits per heavy atom. The minimum Gasteiger partial charge on any atom is -0.544 e. The molecule has 0 aromatic carbocycles. The number of quaternary nitrogens is 1. The van der Waals surface area contributed by atoms with Crippen LogP contribution in [0.1, 0.15) is 66.2 Å². The van der Waals surface area contributed by atoms with Crippen LogP contribution in [0.4, 0.5) is 0 Å². The summed E-state index contributed by atoms with van der Waals surface area (Å²) < 4.78 is -0.550. The number of nitrogens with zero attached hydrogens (tertiary/aromatic N) is 1. The Labute approximate surface area is 155 Å². The van der Waals surface area contributed by atoms with Gasteiger partial charge in [-0.05, 0) is 53.4 Å². The molecule has 0 aliphatic heterocycles. The number of hydrogen-bond donors (Lipinski definition) is 2. The van der Waals surface area contributed by atoms with Gasteiger partial charge in [0.25, 0.3) is 0 Å². The molecule has 7 nitrogen and oxygen atoms in total. The largest absolute Gasteiger partial charge is 0.544 e. The SMILES string of the molecule is C/C=C/CCCCCCC[N+](C(C)C(=O)[O-])(C(C)C(=O)O)C(C)C(=O)O. The minimum atomic E-state index is -1.43. The van der Waals surface area contributed by atoms with Crippen LogP contribution in [0.15, 0.2) is 12.2 Å². The highest BCUT2D eigenvalue weighted by molar-refractivity contribution is 5.76. The van der Waals surface area contributed by atoms with Gasteiger partial charge < -0.3 is 20.1 Å². The normalized spacial score (nSPS) is 17.4. The fraction of sp³-hybridized carbons (Fsp3) is 0.737. The van der Waals surface area contributed by atoms with Crippen LogP contribution in [-0.4, -0.2) is 57.3 Å². The molecular formula is C19H33NO6. The third kappa shape index (κ3) is 6.44. The highest BCUT2D eigenvalue weighted by atomic mass is 16.4. The van der Waals surface area contributed by atoms with Gasteiger partial charge in [0, 0.05) is 0 Å². The summed E-state index contributed by atoms with van der Waals surface area (Å²) in [6.45, 7) is 6.23. The van der Waals surface area contributed by atoms with Crippen molar-refractivity contribution in [1.82, 2.24) is 0 Å². The number of hydrogen-bond acceptors (Lipinski definition) is 4. The van der Waals surface area contributed by atoms with E-state index < -0.39 is 40.5 Å². The summed E-state index contributed by atoms with van der Waals surface area (Å²) in [5, 5.41) is 30.5. The summed E-state index contributed by atoms with van der Waals surface area (Å²) >= 11 is 0. The van der Waals surface area contributed by atoms with Gasteiger partial charge in [0.2, 0.25) is 0 Å². The number of carboxylic acids is 3. The van der Waals surface area contributed by atoms with Crippen LogP contribution in [0, 0.1) is 0 Å². The molecule has 3 unspecified atom stereocenters. The molecule has 0 rings (SSSR count). The Kier molecular flexibility index (Phi) is 10.8. The molecule has 0 spiro atoms. The van der Waals surface area contributed by atoms with E-state index in [1.807, 2.05) is 13.0 Å². The summed E-state index contributed by atoms with van der Waals surface area (Å²) in [7, 11) is 0. The molecule has 2 N–H and O–H groups in total. The van der Waals surface area contributed by atoms with Crippen molar-refractivity contribution >= 4 is 17.9 Å². The second-order valence-electron chi connectivity index (χ2n) is 6.87. The highest BCUT2D eigenvalue weighted by Gasteiger charge is 2.50. The molecule has 0 aromatic heterocycles. The maximum Gasteiger partial charge on any atom is 0.362 e. The van der Waals surface area contributed by atoms with Gasteiger partial charge in [0.05, 0.1) is 12.5 Å². The smallest absolute Gasteiger partial charge is 0.362 e. The van der Waals surface area contributed by atoms with Gasteiger partial charge >= 0.3 is 11.9 Å². The standard InChI is InChI=1S/C19H33NO6/c1-5-6-7-8-9-10-11-12-13-20(14(2)17(21)22,15(3)18(23)24)16(4)19(25)26/h5-6,14-16H,7-13H2,1-4H3,(H2-,21,22,23,24,25,26)/b6-5+. The van der Waals surface area contributed by atoms with E-state index in [1.54, 1.807) is 0 Å². The van der Waals surface area contributed by atoms with Crippen molar-refractivity contribution in [2.75, 3.05) is 6.54 Å². The molecule has 26 heavy (non-hydrogen) atoms. The van der Waals surface area contributed by atoms with Gasteiger partial charge in [-0.15, -0.1) is 0 Å². The Morgan fingerprint density at radius 2 is 1.35 bits per heavy atom. The Morgan fingerprint density at radius 3 is 1.77 bits per heavy atom. The molecule has 0 radical (unpaired) electrons. The first kappa shape index (κ1) is 24.1. The lowest BCUT2D eigenvalue weighted by Crippen LogP contribution is -2.72. The monoisotopic (exact) mass is 371 g/mol. The first-order valence-corrected chi connectivity index (χ1v) is 9.27. The van der Waals surface area contributed by atoms with E-state index >= 15 is 0 Å². The van der Waals surface area contributed by atoms with E-state index in [-0.39, 0.29) is 6.54 Å². The van der Waals surface area contributed by atoms with Crippen molar-refractivity contribution in [3.8, 4) is 0 Å². The third-order valence-corrected chi connectivity index (χ3v) is 5.37. The molecule has 0 saturated heterocycles. The zero-order chi connectivity index (χ0) is 20.3. The van der Waals surface area contributed by atoms with Gasteiger partial charge in [-0.25, -0.2) is 9.59 Å². The van der Waals surface area contributed by atoms with Gasteiger partial charge in [-0.1, -0.05) is 25.0 Å². The molecule has 0 aliphatic rings. The average molecular weight is 371 g/mol. The lowest BCUT2D eigenvalue weighted by molar-refractivity contribution is -0.969. The summed E-state index contributed by atoms with van der Waals surface area (Å²) in [5.41, 5.74) is 0. The fourth-order valence-corrected chi connectivity index (χ4v) is 3.54. The minimum absolute atomic E-state index is 0.172. The van der Waals surface area contributed by atoms with E-state index in [9.17, 15) is 29.7 Å². The number of allylic oxidation sites excluding steroid dienone is 2. The number of rotatable bonds is 14. The van der Waals surface area contributed by atoms with Crippen molar-refractivity contribution in [2.24, 2.45) is 0 Å². The Bertz CT molecular complexity index is 452. The fourth-order valence-electron chi connectivity index (χ4n) is 3.54. The van der Waals surface area contributed by atoms with E-state index in [0.717, 1.165) is 32.1 Å². The van der Waals surface area contributed by atoms with Crippen LogP contribution in [0.3, 0.4) is 0 Å². The number of carboxylic acid groups (broad SMARTS) is 3. The van der Waals surface area contributed by atoms with Gasteiger partial charge in [-0.2, -0.15) is 0 Å². The lowest BCUT2D eigenvalue weighted by atomic mass is 10.00. The molecule has 0 aromatic rings. The van der Waals surface area contributed by atoms with Gasteiger partial charge in [-0.3, -0.25) is 4.48 Å². The van der Waals surface area contributed by atoms with Crippen LogP contribution in [0.25, 0.3) is 0 Å². The first-order valence-electron chi connectivity index (χ1n) is 9.27. The predicted octanol–water partition coefficient (Wildman–Crippen LogP) is 1.80. The van der Waals surface area contributed by atoms with Crippen molar-refractivity contribution in [3.63, 3.8) is 0 Å². The molecule has 0 heterocycles. The zero-order valence-corrected chi connectivity index (χ0v) is 16.3. The van der Waals surface area contributed by atoms with Gasteiger partial charge in [0.15, 0.2) is 12.1 Å². The van der Waals surface area contributed by atoms with Crippen LogP contribution in [-0.2, 0) is 14.4 Å². The molecule has 0 saturated carbocycles. The topological polar surface area (TPSA) is 115 Å². The zero-order valence-electron chi connectivity index (χ0n) is 16.3. The molecule has 0 amide bonds. The summed E-state index contributed by atoms with van der Waals surface area (Å²) in [5.74, 6) is -3.85. The van der Waals surface area contributed by atoms with E-state index in [1.165, 1.54) is 20.8 Å². The molecule has 0 bridgehead atoms. The number of carbonyl (C=O) groups excluding carboxylic acids is 1. The maximum atomic E-state index is 11.6. The van der Waals surface area contributed by atoms with E-state index in [2.05, 4.69) is 6.08 Å². The van der Waals surface area contributed by atoms with E-state index in [0.29, 0.717) is 6.42 Å². The van der Waals surface area contributed by atoms with Gasteiger partial charge in [0.1, 0.15) is 6.04 Å². The van der Waals surface area contributed by atoms with Crippen molar-refractivity contribution in [2.45, 2.75) is 84.3 Å². The van der Waals surface area contributed by atoms with Crippen LogP contribution in [0.5, 0.6) is 0 Å². The molecule has 0 aliphatic carbocycles. The van der Waals surface area contributed by atoms with Crippen LogP contribution < -0.4 is 5.11 Å². The van der Waals surface area contributed by atoms with Crippen LogP contribution in [0.2, 0.25) is 0 Å². The maximum absolute atomic E-state index is 11.6.